The number of halogens is 2. The number of para-hydroxylation sites is 1. The Kier molecular flexibility index (Phi) is 9.41. The summed E-state index contributed by atoms with van der Waals surface area (Å²) in [5, 5.41) is 8.99. The van der Waals surface area contributed by atoms with Gasteiger partial charge in [-0.25, -0.2) is 4.99 Å². The summed E-state index contributed by atoms with van der Waals surface area (Å²) in [7, 11) is 0. The molecule has 6 nitrogen and oxygen atoms in total. The highest BCUT2D eigenvalue weighted by molar-refractivity contribution is 5.81. The molecule has 2 aromatic carbocycles. The maximum Gasteiger partial charge on any atom is 0.387 e. The maximum atomic E-state index is 12.5. The van der Waals surface area contributed by atoms with Crippen LogP contribution < -0.4 is 20.7 Å². The third-order valence-corrected chi connectivity index (χ3v) is 3.92. The number of aliphatic imine (C=N–C) groups is 1. The minimum atomic E-state index is -2.89. The maximum absolute atomic E-state index is 12.5. The Hall–Kier alpha value is -3.16. The van der Waals surface area contributed by atoms with Crippen LogP contribution in [-0.2, 0) is 17.9 Å². The van der Waals surface area contributed by atoms with E-state index in [1.165, 1.54) is 6.07 Å². The molecule has 0 aliphatic heterocycles. The highest BCUT2D eigenvalue weighted by atomic mass is 19.3. The van der Waals surface area contributed by atoms with Crippen LogP contribution in [0.2, 0.25) is 0 Å². The van der Waals surface area contributed by atoms with Gasteiger partial charge in [-0.15, -0.1) is 0 Å². The first-order chi connectivity index (χ1) is 14.1. The van der Waals surface area contributed by atoms with Gasteiger partial charge in [-0.1, -0.05) is 48.5 Å². The van der Waals surface area contributed by atoms with Crippen molar-refractivity contribution < 1.29 is 18.3 Å². The van der Waals surface area contributed by atoms with Gasteiger partial charge in [0.25, 0.3) is 0 Å². The Morgan fingerprint density at radius 3 is 2.48 bits per heavy atom. The van der Waals surface area contributed by atoms with Gasteiger partial charge in [0.2, 0.25) is 5.91 Å². The molecule has 0 bridgehead atoms. The van der Waals surface area contributed by atoms with Gasteiger partial charge < -0.3 is 20.7 Å². The predicted molar refractivity (Wildman–Crippen MR) is 109 cm³/mol. The van der Waals surface area contributed by atoms with Gasteiger partial charge in [-0.05, 0) is 18.6 Å². The number of hydrogen-bond donors (Lipinski definition) is 3. The van der Waals surface area contributed by atoms with Crippen molar-refractivity contribution in [2.45, 2.75) is 33.0 Å². The van der Waals surface area contributed by atoms with Crippen LogP contribution in [-0.4, -0.2) is 31.6 Å². The normalized spacial score (nSPS) is 11.2. The Morgan fingerprint density at radius 1 is 1.03 bits per heavy atom. The fourth-order valence-electron chi connectivity index (χ4n) is 2.53. The van der Waals surface area contributed by atoms with E-state index in [2.05, 4.69) is 25.7 Å². The molecule has 0 atom stereocenters. The third-order valence-electron chi connectivity index (χ3n) is 3.92. The number of amides is 1. The molecule has 2 aromatic rings. The molecule has 0 fully saturated rings. The molecule has 2 rings (SSSR count). The van der Waals surface area contributed by atoms with Crippen LogP contribution in [0.5, 0.6) is 5.75 Å². The molecule has 1 amide bonds. The molecule has 0 aliphatic rings. The molecule has 0 aromatic heterocycles. The number of ether oxygens (including phenoxy) is 1. The van der Waals surface area contributed by atoms with Crippen LogP contribution in [0.15, 0.2) is 59.6 Å². The number of benzene rings is 2. The lowest BCUT2D eigenvalue weighted by Crippen LogP contribution is -2.39. The van der Waals surface area contributed by atoms with E-state index in [0.717, 1.165) is 5.56 Å². The fraction of sp³-hybridized carbons (Fsp3) is 0.333. The van der Waals surface area contributed by atoms with Gasteiger partial charge in [-0.2, -0.15) is 8.78 Å². The predicted octanol–water partition coefficient (Wildman–Crippen LogP) is 3.05. The van der Waals surface area contributed by atoms with Gasteiger partial charge in [0.15, 0.2) is 5.96 Å². The number of rotatable bonds is 10. The summed E-state index contributed by atoms with van der Waals surface area (Å²) in [5.74, 6) is 0.519. The molecule has 29 heavy (non-hydrogen) atoms. The quantitative estimate of drug-likeness (QED) is 0.420. The van der Waals surface area contributed by atoms with E-state index >= 15 is 0 Å². The van der Waals surface area contributed by atoms with Crippen LogP contribution in [0.4, 0.5) is 8.78 Å². The topological polar surface area (TPSA) is 74.8 Å². The van der Waals surface area contributed by atoms with Crippen LogP contribution in [0.25, 0.3) is 0 Å². The lowest BCUT2D eigenvalue weighted by Gasteiger charge is -2.13. The molecule has 0 radical (unpaired) electrons. The summed E-state index contributed by atoms with van der Waals surface area (Å²) < 4.78 is 29.5. The second-order valence-corrected chi connectivity index (χ2v) is 6.12. The molecular weight excluding hydrogens is 378 g/mol. The van der Waals surface area contributed by atoms with Crippen molar-refractivity contribution in [3.8, 4) is 5.75 Å². The van der Waals surface area contributed by atoms with Crippen molar-refractivity contribution in [1.29, 1.82) is 0 Å². The van der Waals surface area contributed by atoms with Gasteiger partial charge in [-0.3, -0.25) is 4.79 Å². The van der Waals surface area contributed by atoms with Crippen molar-refractivity contribution in [3.05, 3.63) is 65.7 Å². The highest BCUT2D eigenvalue weighted by Gasteiger charge is 2.09. The first kappa shape index (κ1) is 22.1. The fourth-order valence-corrected chi connectivity index (χ4v) is 2.53. The largest absolute Gasteiger partial charge is 0.434 e. The molecular formula is C21H26F2N4O2. The lowest BCUT2D eigenvalue weighted by atomic mass is 10.2. The van der Waals surface area contributed by atoms with E-state index in [4.69, 9.17) is 0 Å². The summed E-state index contributed by atoms with van der Waals surface area (Å²) in [6, 6.07) is 16.2. The number of nitrogens with one attached hydrogen (secondary N) is 3. The summed E-state index contributed by atoms with van der Waals surface area (Å²) in [4.78, 5) is 16.4. The zero-order valence-corrected chi connectivity index (χ0v) is 16.3. The minimum absolute atomic E-state index is 0.0760. The Labute approximate surface area is 169 Å². The van der Waals surface area contributed by atoms with Crippen LogP contribution in [0, 0.1) is 0 Å². The number of guanidine groups is 1. The monoisotopic (exact) mass is 404 g/mol. The lowest BCUT2D eigenvalue weighted by molar-refractivity contribution is -0.121. The molecule has 3 N–H and O–H groups in total. The zero-order chi connectivity index (χ0) is 20.9. The van der Waals surface area contributed by atoms with E-state index in [-0.39, 0.29) is 24.6 Å². The highest BCUT2D eigenvalue weighted by Crippen LogP contribution is 2.20. The van der Waals surface area contributed by atoms with Crippen molar-refractivity contribution in [2.24, 2.45) is 4.99 Å². The molecule has 0 saturated carbocycles. The first-order valence-corrected chi connectivity index (χ1v) is 9.44. The number of hydrogen-bond acceptors (Lipinski definition) is 3. The van der Waals surface area contributed by atoms with E-state index in [0.29, 0.717) is 31.2 Å². The Morgan fingerprint density at radius 2 is 1.76 bits per heavy atom. The van der Waals surface area contributed by atoms with Crippen molar-refractivity contribution >= 4 is 11.9 Å². The molecule has 0 aliphatic carbocycles. The number of alkyl halides is 2. The van der Waals surface area contributed by atoms with Crippen LogP contribution >= 0.6 is 0 Å². The Bertz CT molecular complexity index is 785. The second kappa shape index (κ2) is 12.3. The van der Waals surface area contributed by atoms with Crippen LogP contribution in [0.1, 0.15) is 24.5 Å². The average Bonchev–Trinajstić information content (AvgIpc) is 2.72. The van der Waals surface area contributed by atoms with Gasteiger partial charge in [0, 0.05) is 31.6 Å². The molecule has 8 heteroatoms. The van der Waals surface area contributed by atoms with Crippen LogP contribution in [0.3, 0.4) is 0 Å². The van der Waals surface area contributed by atoms with Crippen molar-refractivity contribution in [2.75, 3.05) is 13.1 Å². The molecule has 156 valence electrons. The smallest absolute Gasteiger partial charge is 0.387 e. The summed E-state index contributed by atoms with van der Waals surface area (Å²) in [5.41, 5.74) is 1.58. The summed E-state index contributed by atoms with van der Waals surface area (Å²) in [6.45, 7) is 0.689. The molecule has 0 unspecified atom stereocenters. The molecule has 0 heterocycles. The van der Waals surface area contributed by atoms with Gasteiger partial charge >= 0.3 is 6.61 Å². The minimum Gasteiger partial charge on any atom is -0.434 e. The molecule has 0 spiro atoms. The standard InChI is InChI=1S/C21H26F2N4O2/c1-2-24-21(27-15-17-10-6-7-11-18(17)29-20(22)23)25-13-12-19(28)26-14-16-8-4-3-5-9-16/h3-11,20H,2,12-15H2,1H3,(H,26,28)(H2,24,25,27). The van der Waals surface area contributed by atoms with E-state index in [1.54, 1.807) is 18.2 Å². The third kappa shape index (κ3) is 8.59. The first-order valence-electron chi connectivity index (χ1n) is 9.44. The van der Waals surface area contributed by atoms with E-state index < -0.39 is 6.61 Å². The second-order valence-electron chi connectivity index (χ2n) is 6.12. The summed E-state index contributed by atoms with van der Waals surface area (Å²) >= 11 is 0. The zero-order valence-electron chi connectivity index (χ0n) is 16.3. The number of carbonyl (C=O) groups excluding carboxylic acids is 1. The van der Waals surface area contributed by atoms with Gasteiger partial charge in [0.1, 0.15) is 5.75 Å². The van der Waals surface area contributed by atoms with Crippen molar-refractivity contribution in [1.82, 2.24) is 16.0 Å². The number of nitrogens with zero attached hydrogens (tertiary/aromatic N) is 1. The van der Waals surface area contributed by atoms with E-state index in [9.17, 15) is 13.6 Å². The van der Waals surface area contributed by atoms with Crippen molar-refractivity contribution in [3.63, 3.8) is 0 Å². The van der Waals surface area contributed by atoms with Gasteiger partial charge in [0.05, 0.1) is 6.54 Å². The molecule has 0 saturated heterocycles. The SMILES string of the molecule is CCNC(=NCc1ccccc1OC(F)F)NCCC(=O)NCc1ccccc1. The van der Waals surface area contributed by atoms with E-state index in [1.807, 2.05) is 37.3 Å². The Balaban J connectivity index is 1.82. The number of carbonyl (C=O) groups is 1. The average molecular weight is 404 g/mol. The summed E-state index contributed by atoms with van der Waals surface area (Å²) in [6.07, 6.45) is 0.280.